The molecule has 0 unspecified atom stereocenters. The van der Waals surface area contributed by atoms with Crippen molar-refractivity contribution in [2.24, 2.45) is 5.92 Å². The lowest BCUT2D eigenvalue weighted by Crippen LogP contribution is -2.64. The lowest BCUT2D eigenvalue weighted by atomic mass is 9.85. The van der Waals surface area contributed by atoms with Gasteiger partial charge in [-0.3, -0.25) is 14.5 Å². The molecule has 0 aromatic rings. The zero-order chi connectivity index (χ0) is 15.5. The van der Waals surface area contributed by atoms with E-state index in [-0.39, 0.29) is 36.4 Å². The molecule has 2 aliphatic heterocycles. The van der Waals surface area contributed by atoms with E-state index in [4.69, 9.17) is 6.42 Å². The molecule has 3 fully saturated rings. The van der Waals surface area contributed by atoms with Gasteiger partial charge in [-0.15, -0.1) is 6.42 Å². The van der Waals surface area contributed by atoms with Crippen molar-refractivity contribution in [3.05, 3.63) is 0 Å². The first kappa shape index (κ1) is 15.4. The van der Waals surface area contributed by atoms with Crippen molar-refractivity contribution in [2.45, 2.75) is 50.6 Å². The summed E-state index contributed by atoms with van der Waals surface area (Å²) >= 11 is 0. The Balaban J connectivity index is 1.63. The van der Waals surface area contributed by atoms with Gasteiger partial charge >= 0.3 is 0 Å². The van der Waals surface area contributed by atoms with E-state index in [1.165, 1.54) is 0 Å². The monoisotopic (exact) mass is 303 g/mol. The van der Waals surface area contributed by atoms with Gasteiger partial charge in [0, 0.05) is 12.0 Å². The molecule has 2 atom stereocenters. The SMILES string of the molecule is C#CCN1CCC(C(=O)N2CC(=O)N[C@@H]3CCCC[C@H]32)CC1. The maximum atomic E-state index is 12.9. The van der Waals surface area contributed by atoms with E-state index in [1.54, 1.807) is 0 Å². The minimum absolute atomic E-state index is 0.00117. The summed E-state index contributed by atoms with van der Waals surface area (Å²) in [5.41, 5.74) is 0. The van der Waals surface area contributed by atoms with Crippen molar-refractivity contribution in [2.75, 3.05) is 26.2 Å². The van der Waals surface area contributed by atoms with Crippen LogP contribution < -0.4 is 5.32 Å². The molecule has 0 radical (unpaired) electrons. The fraction of sp³-hybridized carbons (Fsp3) is 0.765. The van der Waals surface area contributed by atoms with Gasteiger partial charge in [-0.05, 0) is 38.8 Å². The van der Waals surface area contributed by atoms with Crippen molar-refractivity contribution in [3.63, 3.8) is 0 Å². The summed E-state index contributed by atoms with van der Waals surface area (Å²) in [5, 5.41) is 3.07. The number of hydrogen-bond donors (Lipinski definition) is 1. The number of hydrogen-bond acceptors (Lipinski definition) is 3. The molecule has 2 amide bonds. The number of rotatable bonds is 2. The van der Waals surface area contributed by atoms with Gasteiger partial charge in [0.15, 0.2) is 0 Å². The molecule has 2 saturated heterocycles. The Kier molecular flexibility index (Phi) is 4.68. The molecule has 1 saturated carbocycles. The molecule has 5 heteroatoms. The van der Waals surface area contributed by atoms with Crippen molar-refractivity contribution >= 4 is 11.8 Å². The van der Waals surface area contributed by atoms with Gasteiger partial charge in [-0.1, -0.05) is 18.8 Å². The van der Waals surface area contributed by atoms with Gasteiger partial charge in [0.2, 0.25) is 11.8 Å². The standard InChI is InChI=1S/C17H25N3O2/c1-2-9-19-10-7-13(8-11-19)17(22)20-12-16(21)18-14-5-3-4-6-15(14)20/h1,13-15H,3-12H2,(H,18,21)/t14-,15-/m1/s1. The van der Waals surface area contributed by atoms with Gasteiger partial charge in [0.25, 0.3) is 0 Å². The van der Waals surface area contributed by atoms with Crippen LogP contribution in [0.5, 0.6) is 0 Å². The number of piperidine rings is 1. The molecule has 1 N–H and O–H groups in total. The van der Waals surface area contributed by atoms with Crippen LogP contribution in [0.2, 0.25) is 0 Å². The number of carbonyl (C=O) groups excluding carboxylic acids is 2. The molecule has 3 aliphatic rings. The maximum absolute atomic E-state index is 12.9. The largest absolute Gasteiger partial charge is 0.350 e. The summed E-state index contributed by atoms with van der Waals surface area (Å²) in [6.07, 6.45) is 11.4. The summed E-state index contributed by atoms with van der Waals surface area (Å²) in [6, 6.07) is 0.378. The number of likely N-dealkylation sites (tertiary alicyclic amines) is 1. The highest BCUT2D eigenvalue weighted by Crippen LogP contribution is 2.29. The van der Waals surface area contributed by atoms with E-state index in [1.807, 2.05) is 4.90 Å². The Labute approximate surface area is 132 Å². The Morgan fingerprint density at radius 2 is 1.95 bits per heavy atom. The van der Waals surface area contributed by atoms with Crippen LogP contribution in [-0.2, 0) is 9.59 Å². The molecule has 2 heterocycles. The molecule has 3 rings (SSSR count). The molecule has 0 bridgehead atoms. The first-order valence-electron chi connectivity index (χ1n) is 8.44. The molecule has 5 nitrogen and oxygen atoms in total. The third-order valence-electron chi connectivity index (χ3n) is 5.32. The zero-order valence-corrected chi connectivity index (χ0v) is 13.1. The summed E-state index contributed by atoms with van der Waals surface area (Å²) in [6.45, 7) is 2.67. The quantitative estimate of drug-likeness (QED) is 0.760. The van der Waals surface area contributed by atoms with Crippen LogP contribution in [0, 0.1) is 18.3 Å². The molecular weight excluding hydrogens is 278 g/mol. The topological polar surface area (TPSA) is 52.7 Å². The highest BCUT2D eigenvalue weighted by molar-refractivity contribution is 5.87. The lowest BCUT2D eigenvalue weighted by Gasteiger charge is -2.45. The van der Waals surface area contributed by atoms with Crippen molar-refractivity contribution in [1.29, 1.82) is 0 Å². The smallest absolute Gasteiger partial charge is 0.239 e. The summed E-state index contributed by atoms with van der Waals surface area (Å²) in [4.78, 5) is 28.9. The second-order valence-corrected chi connectivity index (χ2v) is 6.75. The van der Waals surface area contributed by atoms with Gasteiger partial charge < -0.3 is 10.2 Å². The molecule has 0 aromatic heterocycles. The minimum Gasteiger partial charge on any atom is -0.350 e. The zero-order valence-electron chi connectivity index (χ0n) is 13.1. The average molecular weight is 303 g/mol. The highest BCUT2D eigenvalue weighted by Gasteiger charge is 2.41. The second kappa shape index (κ2) is 6.70. The average Bonchev–Trinajstić information content (AvgIpc) is 2.54. The van der Waals surface area contributed by atoms with Gasteiger partial charge in [0.1, 0.15) is 0 Å². The maximum Gasteiger partial charge on any atom is 0.239 e. The lowest BCUT2D eigenvalue weighted by molar-refractivity contribution is -0.148. The predicted molar refractivity (Wildman–Crippen MR) is 83.9 cm³/mol. The van der Waals surface area contributed by atoms with Gasteiger partial charge in [-0.2, -0.15) is 0 Å². The molecule has 120 valence electrons. The second-order valence-electron chi connectivity index (χ2n) is 6.75. The number of nitrogens with zero attached hydrogens (tertiary/aromatic N) is 2. The summed E-state index contributed by atoms with van der Waals surface area (Å²) in [7, 11) is 0. The van der Waals surface area contributed by atoms with E-state index in [0.29, 0.717) is 6.54 Å². The van der Waals surface area contributed by atoms with Crippen LogP contribution in [0.4, 0.5) is 0 Å². The van der Waals surface area contributed by atoms with Crippen LogP contribution >= 0.6 is 0 Å². The van der Waals surface area contributed by atoms with E-state index in [9.17, 15) is 9.59 Å². The number of nitrogens with one attached hydrogen (secondary N) is 1. The van der Waals surface area contributed by atoms with Crippen LogP contribution in [0.15, 0.2) is 0 Å². The number of fused-ring (bicyclic) bond motifs is 1. The molecule has 0 aromatic carbocycles. The number of amides is 2. The summed E-state index contributed by atoms with van der Waals surface area (Å²) < 4.78 is 0. The van der Waals surface area contributed by atoms with Crippen molar-refractivity contribution in [3.8, 4) is 12.3 Å². The van der Waals surface area contributed by atoms with Crippen LogP contribution in [0.1, 0.15) is 38.5 Å². The highest BCUT2D eigenvalue weighted by atomic mass is 16.2. The van der Waals surface area contributed by atoms with Crippen LogP contribution in [0.25, 0.3) is 0 Å². The normalized spacial score (nSPS) is 30.3. The van der Waals surface area contributed by atoms with E-state index in [0.717, 1.165) is 51.6 Å². The number of terminal acetylenes is 1. The molecule has 1 aliphatic carbocycles. The Bertz CT molecular complexity index is 477. The first-order valence-corrected chi connectivity index (χ1v) is 8.44. The Morgan fingerprint density at radius 3 is 2.68 bits per heavy atom. The molecule has 22 heavy (non-hydrogen) atoms. The number of piperazine rings is 1. The summed E-state index contributed by atoms with van der Waals surface area (Å²) in [5.74, 6) is 2.91. The van der Waals surface area contributed by atoms with Crippen molar-refractivity contribution in [1.82, 2.24) is 15.1 Å². The minimum atomic E-state index is 0.00117. The van der Waals surface area contributed by atoms with Gasteiger partial charge in [-0.25, -0.2) is 0 Å². The van der Waals surface area contributed by atoms with Crippen LogP contribution in [0.3, 0.4) is 0 Å². The van der Waals surface area contributed by atoms with E-state index < -0.39 is 0 Å². The fourth-order valence-electron chi connectivity index (χ4n) is 4.12. The van der Waals surface area contributed by atoms with E-state index in [2.05, 4.69) is 16.1 Å². The Morgan fingerprint density at radius 1 is 1.23 bits per heavy atom. The predicted octanol–water partition coefficient (Wildman–Crippen LogP) is 0.601. The Hall–Kier alpha value is -1.54. The van der Waals surface area contributed by atoms with Gasteiger partial charge in [0.05, 0.1) is 19.1 Å². The third kappa shape index (κ3) is 3.12. The fourth-order valence-corrected chi connectivity index (χ4v) is 4.12. The first-order chi connectivity index (χ1) is 10.7. The molecular formula is C17H25N3O2. The third-order valence-corrected chi connectivity index (χ3v) is 5.32. The van der Waals surface area contributed by atoms with Crippen molar-refractivity contribution < 1.29 is 9.59 Å². The van der Waals surface area contributed by atoms with E-state index >= 15 is 0 Å². The van der Waals surface area contributed by atoms with Crippen LogP contribution in [-0.4, -0.2) is 59.9 Å². The molecule has 0 spiro atoms. The number of carbonyl (C=O) groups is 2.